The Kier molecular flexibility index (Phi) is 4.36. The smallest absolute Gasteiger partial charge is 0.226 e. The Labute approximate surface area is 127 Å². The maximum Gasteiger partial charge on any atom is 0.226 e. The van der Waals surface area contributed by atoms with E-state index in [0.717, 1.165) is 42.1 Å². The Morgan fingerprint density at radius 1 is 1.48 bits per heavy atom. The van der Waals surface area contributed by atoms with E-state index in [1.807, 2.05) is 17.5 Å². The average molecular weight is 306 g/mol. The molecule has 1 aliphatic carbocycles. The quantitative estimate of drug-likeness (QED) is 0.909. The number of aliphatic hydroxyl groups excluding tert-OH is 1. The molecule has 6 heteroatoms. The summed E-state index contributed by atoms with van der Waals surface area (Å²) in [5.74, 6) is 0.631. The third-order valence-corrected chi connectivity index (χ3v) is 4.61. The molecule has 0 spiro atoms. The molecule has 1 amide bonds. The molecule has 0 radical (unpaired) electrons. The number of aliphatic hydroxyl groups is 1. The van der Waals surface area contributed by atoms with Crippen molar-refractivity contribution in [3.05, 3.63) is 29.5 Å². The topological polar surface area (TPSA) is 75.4 Å². The third kappa shape index (κ3) is 3.51. The molecule has 2 N–H and O–H groups in total. The van der Waals surface area contributed by atoms with E-state index in [2.05, 4.69) is 10.3 Å². The molecule has 2 atom stereocenters. The summed E-state index contributed by atoms with van der Waals surface area (Å²) in [6.45, 7) is 0. The molecule has 0 bridgehead atoms. The van der Waals surface area contributed by atoms with Crippen LogP contribution in [-0.4, -0.2) is 28.1 Å². The van der Waals surface area contributed by atoms with Crippen molar-refractivity contribution in [2.24, 2.45) is 0 Å². The van der Waals surface area contributed by atoms with E-state index >= 15 is 0 Å². The third-order valence-electron chi connectivity index (χ3n) is 3.70. The maximum atomic E-state index is 12.0. The number of aromatic nitrogens is 1. The first kappa shape index (κ1) is 14.3. The lowest BCUT2D eigenvalue weighted by atomic mass is 9.92. The predicted octanol–water partition coefficient (Wildman–Crippen LogP) is 2.37. The molecular formula is C15H18N2O3S. The van der Waals surface area contributed by atoms with Crippen LogP contribution in [0.25, 0.3) is 10.8 Å². The second-order valence-electron chi connectivity index (χ2n) is 5.32. The highest BCUT2D eigenvalue weighted by atomic mass is 32.1. The van der Waals surface area contributed by atoms with E-state index in [1.165, 1.54) is 11.3 Å². The maximum absolute atomic E-state index is 12.0. The minimum atomic E-state index is -0.420. The van der Waals surface area contributed by atoms with Crippen LogP contribution in [0.4, 0.5) is 0 Å². The highest BCUT2D eigenvalue weighted by molar-refractivity contribution is 7.13. The first-order valence-corrected chi connectivity index (χ1v) is 8.06. The molecule has 0 aromatic carbocycles. The molecule has 0 aliphatic heterocycles. The number of nitrogens with zero attached hydrogens (tertiary/aromatic N) is 1. The summed E-state index contributed by atoms with van der Waals surface area (Å²) in [5, 5.41) is 15.4. The van der Waals surface area contributed by atoms with Crippen molar-refractivity contribution in [3.63, 3.8) is 0 Å². The number of carbonyl (C=O) groups is 1. The standard InChI is InChI=1S/C15H18N2O3S/c18-12-5-2-1-4-11(12)17-14(19)8-10-9-21-15(16-10)13-6-3-7-20-13/h3,6-7,9,11-12,18H,1-2,4-5,8H2,(H,17,19). The largest absolute Gasteiger partial charge is 0.462 e. The van der Waals surface area contributed by atoms with Crippen LogP contribution in [0.5, 0.6) is 0 Å². The Morgan fingerprint density at radius 2 is 2.33 bits per heavy atom. The van der Waals surface area contributed by atoms with Gasteiger partial charge in [0.2, 0.25) is 5.91 Å². The van der Waals surface area contributed by atoms with Crippen LogP contribution < -0.4 is 5.32 Å². The molecule has 112 valence electrons. The molecule has 2 heterocycles. The van der Waals surface area contributed by atoms with Crippen LogP contribution in [0.3, 0.4) is 0 Å². The summed E-state index contributed by atoms with van der Waals surface area (Å²) in [5.41, 5.74) is 0.731. The Hall–Kier alpha value is -1.66. The molecule has 3 rings (SSSR count). The van der Waals surface area contributed by atoms with Crippen molar-refractivity contribution in [1.82, 2.24) is 10.3 Å². The van der Waals surface area contributed by atoms with Gasteiger partial charge in [0.15, 0.2) is 10.8 Å². The van der Waals surface area contributed by atoms with Crippen molar-refractivity contribution in [2.45, 2.75) is 44.2 Å². The van der Waals surface area contributed by atoms with Gasteiger partial charge in [0.25, 0.3) is 0 Å². The Morgan fingerprint density at radius 3 is 3.10 bits per heavy atom. The molecule has 21 heavy (non-hydrogen) atoms. The van der Waals surface area contributed by atoms with Gasteiger partial charge in [-0.05, 0) is 25.0 Å². The van der Waals surface area contributed by atoms with Gasteiger partial charge in [-0.15, -0.1) is 11.3 Å². The monoisotopic (exact) mass is 306 g/mol. The molecule has 1 aliphatic rings. The average Bonchev–Trinajstić information content (AvgIpc) is 3.12. The minimum absolute atomic E-state index is 0.0859. The number of rotatable bonds is 4. The molecule has 5 nitrogen and oxygen atoms in total. The molecule has 1 fully saturated rings. The van der Waals surface area contributed by atoms with Crippen LogP contribution in [0, 0.1) is 0 Å². The number of hydrogen-bond acceptors (Lipinski definition) is 5. The Balaban J connectivity index is 1.57. The van der Waals surface area contributed by atoms with Gasteiger partial charge in [-0.25, -0.2) is 4.98 Å². The fourth-order valence-electron chi connectivity index (χ4n) is 2.60. The number of furan rings is 1. The van der Waals surface area contributed by atoms with Crippen LogP contribution in [0.1, 0.15) is 31.4 Å². The van der Waals surface area contributed by atoms with Crippen molar-refractivity contribution >= 4 is 17.2 Å². The number of amides is 1. The fourth-order valence-corrected chi connectivity index (χ4v) is 3.39. The minimum Gasteiger partial charge on any atom is -0.462 e. The van der Waals surface area contributed by atoms with Crippen molar-refractivity contribution in [2.75, 3.05) is 0 Å². The van der Waals surface area contributed by atoms with E-state index in [1.54, 1.807) is 6.26 Å². The molecular weight excluding hydrogens is 288 g/mol. The van der Waals surface area contributed by atoms with Crippen molar-refractivity contribution in [3.8, 4) is 10.8 Å². The van der Waals surface area contributed by atoms with Crippen molar-refractivity contribution in [1.29, 1.82) is 0 Å². The number of carbonyl (C=O) groups excluding carboxylic acids is 1. The summed E-state index contributed by atoms with van der Waals surface area (Å²) in [4.78, 5) is 16.4. The van der Waals surface area contributed by atoms with Gasteiger partial charge in [0, 0.05) is 5.38 Å². The van der Waals surface area contributed by atoms with Gasteiger partial charge in [-0.1, -0.05) is 12.8 Å². The molecule has 1 saturated carbocycles. The van der Waals surface area contributed by atoms with Gasteiger partial charge in [-0.3, -0.25) is 4.79 Å². The lowest BCUT2D eigenvalue weighted by molar-refractivity contribution is -0.122. The Bertz CT molecular complexity index is 594. The molecule has 2 unspecified atom stereocenters. The summed E-state index contributed by atoms with van der Waals surface area (Å²) in [6, 6.07) is 3.55. The zero-order valence-electron chi connectivity index (χ0n) is 11.6. The number of thiazole rings is 1. The lowest BCUT2D eigenvalue weighted by Gasteiger charge is -2.28. The van der Waals surface area contributed by atoms with Gasteiger partial charge in [-0.2, -0.15) is 0 Å². The molecule has 2 aromatic rings. The van der Waals surface area contributed by atoms with Gasteiger partial charge in [0.05, 0.1) is 30.5 Å². The molecule has 0 saturated heterocycles. The van der Waals surface area contributed by atoms with E-state index in [9.17, 15) is 9.90 Å². The van der Waals surface area contributed by atoms with E-state index in [-0.39, 0.29) is 18.4 Å². The highest BCUT2D eigenvalue weighted by Gasteiger charge is 2.24. The fraction of sp³-hybridized carbons (Fsp3) is 0.467. The van der Waals surface area contributed by atoms with E-state index < -0.39 is 6.10 Å². The normalized spacial score (nSPS) is 22.1. The number of nitrogens with one attached hydrogen (secondary N) is 1. The summed E-state index contributed by atoms with van der Waals surface area (Å²) in [7, 11) is 0. The summed E-state index contributed by atoms with van der Waals surface area (Å²) < 4.78 is 5.29. The predicted molar refractivity (Wildman–Crippen MR) is 79.9 cm³/mol. The van der Waals surface area contributed by atoms with Crippen LogP contribution in [0.2, 0.25) is 0 Å². The first-order chi connectivity index (χ1) is 10.2. The molecule has 2 aromatic heterocycles. The second kappa shape index (κ2) is 6.41. The summed E-state index contributed by atoms with van der Waals surface area (Å²) >= 11 is 1.46. The van der Waals surface area contributed by atoms with Crippen LogP contribution in [-0.2, 0) is 11.2 Å². The zero-order valence-corrected chi connectivity index (χ0v) is 12.4. The van der Waals surface area contributed by atoms with Crippen molar-refractivity contribution < 1.29 is 14.3 Å². The van der Waals surface area contributed by atoms with Gasteiger partial charge in [0.1, 0.15) is 0 Å². The highest BCUT2D eigenvalue weighted by Crippen LogP contribution is 2.24. The van der Waals surface area contributed by atoms with Gasteiger partial charge >= 0.3 is 0 Å². The number of hydrogen-bond donors (Lipinski definition) is 2. The van der Waals surface area contributed by atoms with Crippen LogP contribution >= 0.6 is 11.3 Å². The van der Waals surface area contributed by atoms with E-state index in [4.69, 9.17) is 4.42 Å². The zero-order chi connectivity index (χ0) is 14.7. The lowest BCUT2D eigenvalue weighted by Crippen LogP contribution is -2.45. The SMILES string of the molecule is O=C(Cc1csc(-c2ccco2)n1)NC1CCCCC1O. The summed E-state index contributed by atoms with van der Waals surface area (Å²) in [6.07, 6.45) is 5.13. The van der Waals surface area contributed by atoms with Crippen LogP contribution in [0.15, 0.2) is 28.2 Å². The second-order valence-corrected chi connectivity index (χ2v) is 6.18. The van der Waals surface area contributed by atoms with Gasteiger partial charge < -0.3 is 14.8 Å². The van der Waals surface area contributed by atoms with E-state index in [0.29, 0.717) is 0 Å². The first-order valence-electron chi connectivity index (χ1n) is 7.18.